The normalized spacial score (nSPS) is 10.8. The van der Waals surface area contributed by atoms with Crippen LogP contribution in [0, 0.1) is 0 Å². The first kappa shape index (κ1) is 15.1. The summed E-state index contributed by atoms with van der Waals surface area (Å²) >= 11 is 7.59. The average Bonchev–Trinajstić information content (AvgIpc) is 2.97. The molecular formula is C16H15ClN4S. The average molecular weight is 331 g/mol. The lowest BCUT2D eigenvalue weighted by molar-refractivity contribution is 0.687. The molecule has 0 saturated carbocycles. The molecule has 0 aliphatic rings. The van der Waals surface area contributed by atoms with Crippen molar-refractivity contribution in [1.29, 1.82) is 0 Å². The Morgan fingerprint density at radius 1 is 1.09 bits per heavy atom. The van der Waals surface area contributed by atoms with Gasteiger partial charge >= 0.3 is 0 Å². The molecule has 0 bridgehead atoms. The molecule has 1 aromatic carbocycles. The molecule has 6 heteroatoms. The van der Waals surface area contributed by atoms with E-state index in [0.717, 1.165) is 39.6 Å². The van der Waals surface area contributed by atoms with E-state index in [0.29, 0.717) is 0 Å². The molecule has 0 fully saturated rings. The summed E-state index contributed by atoms with van der Waals surface area (Å²) in [6.07, 6.45) is 1.81. The number of rotatable bonds is 5. The lowest BCUT2D eigenvalue weighted by Crippen LogP contribution is -2.00. The highest BCUT2D eigenvalue weighted by Crippen LogP contribution is 2.26. The van der Waals surface area contributed by atoms with Gasteiger partial charge in [-0.25, -0.2) is 0 Å². The van der Waals surface area contributed by atoms with Crippen LogP contribution in [-0.4, -0.2) is 19.7 Å². The molecule has 0 amide bonds. The van der Waals surface area contributed by atoms with Crippen molar-refractivity contribution in [2.75, 3.05) is 0 Å². The number of pyridine rings is 1. The second-order valence-electron chi connectivity index (χ2n) is 4.67. The van der Waals surface area contributed by atoms with Crippen molar-refractivity contribution in [3.63, 3.8) is 0 Å². The van der Waals surface area contributed by atoms with Gasteiger partial charge in [-0.2, -0.15) is 0 Å². The maximum absolute atomic E-state index is 5.94. The van der Waals surface area contributed by atoms with E-state index in [1.807, 2.05) is 42.5 Å². The zero-order valence-corrected chi connectivity index (χ0v) is 13.7. The minimum atomic E-state index is 0.719. The van der Waals surface area contributed by atoms with E-state index in [1.165, 1.54) is 0 Å². The Morgan fingerprint density at radius 3 is 2.59 bits per heavy atom. The molecule has 3 rings (SSSR count). The number of nitrogens with zero attached hydrogens (tertiary/aromatic N) is 4. The number of hydrogen-bond acceptors (Lipinski definition) is 4. The van der Waals surface area contributed by atoms with E-state index < -0.39 is 0 Å². The molecule has 4 nitrogen and oxygen atoms in total. The molecule has 0 aliphatic carbocycles. The number of benzene rings is 1. The van der Waals surface area contributed by atoms with E-state index in [-0.39, 0.29) is 0 Å². The Bertz CT molecular complexity index is 741. The second kappa shape index (κ2) is 6.94. The van der Waals surface area contributed by atoms with Crippen molar-refractivity contribution < 1.29 is 0 Å². The molecule has 2 heterocycles. The molecule has 0 spiro atoms. The molecule has 0 atom stereocenters. The lowest BCUT2D eigenvalue weighted by Gasteiger charge is -2.07. The van der Waals surface area contributed by atoms with Crippen LogP contribution in [0.1, 0.15) is 12.6 Å². The highest BCUT2D eigenvalue weighted by molar-refractivity contribution is 7.98. The predicted molar refractivity (Wildman–Crippen MR) is 89.9 cm³/mol. The summed E-state index contributed by atoms with van der Waals surface area (Å²) in [6, 6.07) is 13.6. The minimum Gasteiger partial charge on any atom is -0.302 e. The lowest BCUT2D eigenvalue weighted by atomic mass is 10.2. The minimum absolute atomic E-state index is 0.719. The molecule has 3 aromatic rings. The van der Waals surface area contributed by atoms with Gasteiger partial charge in [-0.1, -0.05) is 29.4 Å². The zero-order chi connectivity index (χ0) is 15.4. The Labute approximate surface area is 138 Å². The maximum Gasteiger partial charge on any atom is 0.191 e. The van der Waals surface area contributed by atoms with Crippen LogP contribution in [0.25, 0.3) is 11.4 Å². The Morgan fingerprint density at radius 2 is 1.91 bits per heavy atom. The summed E-state index contributed by atoms with van der Waals surface area (Å²) in [5.41, 5.74) is 2.05. The van der Waals surface area contributed by atoms with Gasteiger partial charge in [0.25, 0.3) is 0 Å². The van der Waals surface area contributed by atoms with Crippen LogP contribution in [0.4, 0.5) is 0 Å². The Balaban J connectivity index is 1.82. The molecule has 112 valence electrons. The van der Waals surface area contributed by atoms with Crippen LogP contribution in [-0.2, 0) is 12.3 Å². The standard InChI is InChI=1S/C16H15ClN4S/c1-2-21-15(12-6-8-13(17)9-7-12)19-20-16(21)22-11-14-5-3-4-10-18-14/h3-10H,2,11H2,1H3. The SMILES string of the molecule is CCn1c(SCc2ccccn2)nnc1-c1ccc(Cl)cc1. The largest absolute Gasteiger partial charge is 0.302 e. The smallest absolute Gasteiger partial charge is 0.191 e. The third-order valence-corrected chi connectivity index (χ3v) is 4.46. The van der Waals surface area contributed by atoms with Crippen molar-refractivity contribution in [1.82, 2.24) is 19.7 Å². The van der Waals surface area contributed by atoms with Crippen LogP contribution >= 0.6 is 23.4 Å². The van der Waals surface area contributed by atoms with Gasteiger partial charge in [-0.3, -0.25) is 4.98 Å². The van der Waals surface area contributed by atoms with Gasteiger partial charge in [0.05, 0.1) is 5.69 Å². The maximum atomic E-state index is 5.94. The summed E-state index contributed by atoms with van der Waals surface area (Å²) in [5.74, 6) is 1.64. The van der Waals surface area contributed by atoms with Crippen molar-refractivity contribution in [2.45, 2.75) is 24.4 Å². The molecule has 2 aromatic heterocycles. The topological polar surface area (TPSA) is 43.6 Å². The van der Waals surface area contributed by atoms with Gasteiger partial charge in [0.2, 0.25) is 0 Å². The van der Waals surface area contributed by atoms with Crippen molar-refractivity contribution in [3.8, 4) is 11.4 Å². The van der Waals surface area contributed by atoms with E-state index in [2.05, 4.69) is 26.7 Å². The summed E-state index contributed by atoms with van der Waals surface area (Å²) in [6.45, 7) is 2.91. The molecule has 22 heavy (non-hydrogen) atoms. The van der Waals surface area contributed by atoms with Crippen LogP contribution in [0.3, 0.4) is 0 Å². The van der Waals surface area contributed by atoms with Gasteiger partial charge in [0.15, 0.2) is 11.0 Å². The third kappa shape index (κ3) is 3.31. The van der Waals surface area contributed by atoms with Gasteiger partial charge in [-0.05, 0) is 43.3 Å². The highest BCUT2D eigenvalue weighted by Gasteiger charge is 2.13. The van der Waals surface area contributed by atoms with Gasteiger partial charge in [0.1, 0.15) is 0 Å². The van der Waals surface area contributed by atoms with E-state index in [4.69, 9.17) is 11.6 Å². The van der Waals surface area contributed by atoms with E-state index in [9.17, 15) is 0 Å². The van der Waals surface area contributed by atoms with Crippen molar-refractivity contribution >= 4 is 23.4 Å². The number of hydrogen-bond donors (Lipinski definition) is 0. The highest BCUT2D eigenvalue weighted by atomic mass is 35.5. The quantitative estimate of drug-likeness (QED) is 0.654. The van der Waals surface area contributed by atoms with Crippen LogP contribution < -0.4 is 0 Å². The first-order valence-corrected chi connectivity index (χ1v) is 8.36. The predicted octanol–water partition coefficient (Wildman–Crippen LogP) is 4.31. The van der Waals surface area contributed by atoms with Gasteiger partial charge < -0.3 is 4.57 Å². The fourth-order valence-electron chi connectivity index (χ4n) is 2.12. The van der Waals surface area contributed by atoms with E-state index >= 15 is 0 Å². The zero-order valence-electron chi connectivity index (χ0n) is 12.1. The Hall–Kier alpha value is -1.85. The third-order valence-electron chi connectivity index (χ3n) is 3.21. The fraction of sp³-hybridized carbons (Fsp3) is 0.188. The monoisotopic (exact) mass is 330 g/mol. The van der Waals surface area contributed by atoms with E-state index in [1.54, 1.807) is 18.0 Å². The second-order valence-corrected chi connectivity index (χ2v) is 6.05. The molecular weight excluding hydrogens is 316 g/mol. The number of aromatic nitrogens is 4. The summed E-state index contributed by atoms with van der Waals surface area (Å²) in [4.78, 5) is 4.33. The summed E-state index contributed by atoms with van der Waals surface area (Å²) < 4.78 is 2.11. The van der Waals surface area contributed by atoms with Crippen LogP contribution in [0.5, 0.6) is 0 Å². The van der Waals surface area contributed by atoms with Crippen molar-refractivity contribution in [2.24, 2.45) is 0 Å². The molecule has 0 radical (unpaired) electrons. The Kier molecular flexibility index (Phi) is 4.75. The number of thioether (sulfide) groups is 1. The summed E-state index contributed by atoms with van der Waals surface area (Å²) in [7, 11) is 0. The molecule has 0 aliphatic heterocycles. The van der Waals surface area contributed by atoms with Crippen LogP contribution in [0.2, 0.25) is 5.02 Å². The fourth-order valence-corrected chi connectivity index (χ4v) is 3.16. The first-order valence-electron chi connectivity index (χ1n) is 6.99. The van der Waals surface area contributed by atoms with Gasteiger partial charge in [0, 0.05) is 29.1 Å². The van der Waals surface area contributed by atoms with Crippen molar-refractivity contribution in [3.05, 3.63) is 59.4 Å². The summed E-state index contributed by atoms with van der Waals surface area (Å²) in [5, 5.41) is 10.3. The molecule has 0 N–H and O–H groups in total. The first-order chi connectivity index (χ1) is 10.8. The molecule has 0 unspecified atom stereocenters. The van der Waals surface area contributed by atoms with Crippen LogP contribution in [0.15, 0.2) is 53.8 Å². The number of halogens is 1. The van der Waals surface area contributed by atoms with Gasteiger partial charge in [-0.15, -0.1) is 10.2 Å². The molecule has 0 saturated heterocycles.